The van der Waals surface area contributed by atoms with Gasteiger partial charge in [0.05, 0.1) is 5.69 Å². The number of nitrogens with zero attached hydrogens (tertiary/aromatic N) is 2. The van der Waals surface area contributed by atoms with E-state index in [1.807, 2.05) is 31.2 Å². The smallest absolute Gasteiger partial charge is 0.175 e. The van der Waals surface area contributed by atoms with Gasteiger partial charge in [0.2, 0.25) is 0 Å². The van der Waals surface area contributed by atoms with E-state index in [0.29, 0.717) is 11.1 Å². The summed E-state index contributed by atoms with van der Waals surface area (Å²) in [7, 11) is 0. The zero-order valence-corrected chi connectivity index (χ0v) is 14.0. The lowest BCUT2D eigenvalue weighted by Gasteiger charge is -2.25. The van der Waals surface area contributed by atoms with Gasteiger partial charge in [-0.1, -0.05) is 36.4 Å². The highest BCUT2D eigenvalue weighted by Gasteiger charge is 2.31. The van der Waals surface area contributed by atoms with Crippen molar-refractivity contribution in [3.63, 3.8) is 0 Å². The van der Waals surface area contributed by atoms with Crippen LogP contribution in [0, 0.1) is 0 Å². The number of hydrogen-bond donors (Lipinski definition) is 1. The van der Waals surface area contributed by atoms with Crippen molar-refractivity contribution in [2.24, 2.45) is 4.99 Å². The third-order valence-corrected chi connectivity index (χ3v) is 4.70. The Kier molecular flexibility index (Phi) is 5.69. The van der Waals surface area contributed by atoms with E-state index in [9.17, 15) is 0 Å². The largest absolute Gasteiger partial charge is 0.363 e. The van der Waals surface area contributed by atoms with Crippen molar-refractivity contribution in [2.75, 3.05) is 12.3 Å². The Hall–Kier alpha value is -0.780. The molecule has 1 fully saturated rings. The number of amidine groups is 1. The molecule has 0 radical (unpaired) electrons. The number of nitrogens with one attached hydrogen (secondary N) is 1. The lowest BCUT2D eigenvalue weighted by atomic mass is 10.2. The zero-order chi connectivity index (χ0) is 14.5. The minimum absolute atomic E-state index is 0.407. The zero-order valence-electron chi connectivity index (χ0n) is 11.6. The van der Waals surface area contributed by atoms with Gasteiger partial charge in [0.25, 0.3) is 0 Å². The summed E-state index contributed by atoms with van der Waals surface area (Å²) in [6.07, 6.45) is 1.05. The van der Waals surface area contributed by atoms with Gasteiger partial charge in [0.15, 0.2) is 10.3 Å². The highest BCUT2D eigenvalue weighted by Crippen LogP contribution is 2.29. The van der Waals surface area contributed by atoms with E-state index in [1.165, 1.54) is 0 Å². The first kappa shape index (κ1) is 15.6. The molecule has 0 spiro atoms. The van der Waals surface area contributed by atoms with Crippen LogP contribution in [0.3, 0.4) is 0 Å². The van der Waals surface area contributed by atoms with Gasteiger partial charge < -0.3 is 5.32 Å². The first-order chi connectivity index (χ1) is 9.65. The van der Waals surface area contributed by atoms with Crippen LogP contribution in [0.4, 0.5) is 5.69 Å². The Bertz CT molecular complexity index is 519. The lowest BCUT2D eigenvalue weighted by Crippen LogP contribution is -2.45. The predicted octanol–water partition coefficient (Wildman–Crippen LogP) is 4.05. The average Bonchev–Trinajstić information content (AvgIpc) is 2.82. The van der Waals surface area contributed by atoms with E-state index in [-0.39, 0.29) is 0 Å². The van der Waals surface area contributed by atoms with Crippen molar-refractivity contribution in [1.29, 1.82) is 0 Å². The number of thiocarbonyl (C=S) groups is 1. The summed E-state index contributed by atoms with van der Waals surface area (Å²) in [6.45, 7) is 5.04. The minimum Gasteiger partial charge on any atom is -0.363 e. The van der Waals surface area contributed by atoms with Crippen molar-refractivity contribution in [2.45, 2.75) is 26.3 Å². The van der Waals surface area contributed by atoms with E-state index in [4.69, 9.17) is 28.8 Å². The van der Waals surface area contributed by atoms with E-state index in [2.05, 4.69) is 17.1 Å². The van der Waals surface area contributed by atoms with Crippen LogP contribution in [0.1, 0.15) is 20.3 Å². The number of halogens is 1. The Morgan fingerprint density at radius 1 is 1.55 bits per heavy atom. The summed E-state index contributed by atoms with van der Waals surface area (Å²) in [6, 6.07) is 7.98. The normalized spacial score (nSPS) is 20.4. The molecule has 1 atom stereocenters. The third kappa shape index (κ3) is 3.65. The second kappa shape index (κ2) is 7.29. The molecule has 0 unspecified atom stereocenters. The van der Waals surface area contributed by atoms with Crippen LogP contribution in [0.2, 0.25) is 5.02 Å². The molecule has 1 aromatic carbocycles. The molecule has 0 amide bonds. The number of aliphatic imine (C=N–C) groups is 1. The van der Waals surface area contributed by atoms with Gasteiger partial charge >= 0.3 is 0 Å². The van der Waals surface area contributed by atoms with Crippen LogP contribution in [-0.4, -0.2) is 33.5 Å². The van der Waals surface area contributed by atoms with Crippen LogP contribution in [0.5, 0.6) is 0 Å². The van der Waals surface area contributed by atoms with Crippen LogP contribution in [0.25, 0.3) is 0 Å². The molecule has 0 aromatic heterocycles. The SMILES string of the molecule is CCNC(=S)N1C(=Nc2cccc(Cl)c2)SC[C@@H]1CC. The summed E-state index contributed by atoms with van der Waals surface area (Å²) in [5.41, 5.74) is 0.862. The minimum atomic E-state index is 0.407. The first-order valence-electron chi connectivity index (χ1n) is 6.69. The molecular weight excluding hydrogens is 310 g/mol. The van der Waals surface area contributed by atoms with Crippen LogP contribution < -0.4 is 5.32 Å². The molecule has 108 valence electrons. The first-order valence-corrected chi connectivity index (χ1v) is 8.47. The molecule has 1 aliphatic heterocycles. The molecule has 0 saturated carbocycles. The molecular formula is C14H18ClN3S2. The van der Waals surface area contributed by atoms with Gasteiger partial charge in [-0.05, 0) is 43.8 Å². The van der Waals surface area contributed by atoms with Gasteiger partial charge in [0.1, 0.15) is 0 Å². The van der Waals surface area contributed by atoms with Crippen LogP contribution in [0.15, 0.2) is 29.3 Å². The van der Waals surface area contributed by atoms with Crippen molar-refractivity contribution >= 4 is 51.5 Å². The van der Waals surface area contributed by atoms with Gasteiger partial charge in [0, 0.05) is 23.4 Å². The quantitative estimate of drug-likeness (QED) is 0.848. The maximum atomic E-state index is 6.01. The highest BCUT2D eigenvalue weighted by molar-refractivity contribution is 8.14. The van der Waals surface area contributed by atoms with Gasteiger partial charge in [-0.15, -0.1) is 0 Å². The van der Waals surface area contributed by atoms with Crippen LogP contribution >= 0.6 is 35.6 Å². The Morgan fingerprint density at radius 3 is 3.00 bits per heavy atom. The second-order valence-corrected chi connectivity index (χ2v) is 6.26. The van der Waals surface area contributed by atoms with E-state index >= 15 is 0 Å². The number of hydrogen-bond acceptors (Lipinski definition) is 3. The van der Waals surface area contributed by atoms with Gasteiger partial charge in [-0.25, -0.2) is 4.99 Å². The molecule has 1 aliphatic rings. The molecule has 3 nitrogen and oxygen atoms in total. The topological polar surface area (TPSA) is 27.6 Å². The van der Waals surface area contributed by atoms with E-state index in [0.717, 1.165) is 34.7 Å². The third-order valence-electron chi connectivity index (χ3n) is 3.03. The molecule has 1 aromatic rings. The summed E-state index contributed by atoms with van der Waals surface area (Å²) < 4.78 is 0. The fraction of sp³-hybridized carbons (Fsp3) is 0.429. The Morgan fingerprint density at radius 2 is 2.35 bits per heavy atom. The maximum Gasteiger partial charge on any atom is 0.175 e. The van der Waals surface area contributed by atoms with Gasteiger partial charge in [-0.3, -0.25) is 4.90 Å². The second-order valence-electron chi connectivity index (χ2n) is 4.45. The maximum absolute atomic E-state index is 6.01. The average molecular weight is 328 g/mol. The van der Waals surface area contributed by atoms with Crippen molar-refractivity contribution in [1.82, 2.24) is 10.2 Å². The number of rotatable bonds is 3. The molecule has 1 N–H and O–H groups in total. The Labute approximate surface area is 134 Å². The summed E-state index contributed by atoms with van der Waals surface area (Å²) >= 11 is 13.2. The fourth-order valence-corrected chi connectivity index (χ4v) is 3.90. The Balaban J connectivity index is 2.27. The molecule has 0 bridgehead atoms. The highest BCUT2D eigenvalue weighted by atomic mass is 35.5. The number of benzene rings is 1. The van der Waals surface area contributed by atoms with E-state index < -0.39 is 0 Å². The van der Waals surface area contributed by atoms with Crippen molar-refractivity contribution < 1.29 is 0 Å². The molecule has 2 rings (SSSR count). The molecule has 0 aliphatic carbocycles. The van der Waals surface area contributed by atoms with E-state index in [1.54, 1.807) is 11.8 Å². The number of thioether (sulfide) groups is 1. The van der Waals surface area contributed by atoms with Crippen molar-refractivity contribution in [3.05, 3.63) is 29.3 Å². The summed E-state index contributed by atoms with van der Waals surface area (Å²) in [4.78, 5) is 6.82. The lowest BCUT2D eigenvalue weighted by molar-refractivity contribution is 0.471. The van der Waals surface area contributed by atoms with Crippen molar-refractivity contribution in [3.8, 4) is 0 Å². The van der Waals surface area contributed by atoms with Gasteiger partial charge in [-0.2, -0.15) is 0 Å². The fourth-order valence-electron chi connectivity index (χ4n) is 2.00. The summed E-state index contributed by atoms with van der Waals surface area (Å²) in [5, 5.41) is 5.62. The monoisotopic (exact) mass is 327 g/mol. The van der Waals surface area contributed by atoms with Crippen LogP contribution in [-0.2, 0) is 0 Å². The molecule has 1 heterocycles. The molecule has 6 heteroatoms. The summed E-state index contributed by atoms with van der Waals surface area (Å²) in [5.74, 6) is 1.02. The standard InChI is InChI=1S/C14H18ClN3S2/c1-3-12-9-20-14(18(12)13(19)16-4-2)17-11-7-5-6-10(15)8-11/h5-8,12H,3-4,9H2,1-2H3,(H,16,19)/t12-/m0/s1. The molecule has 20 heavy (non-hydrogen) atoms. The molecule has 1 saturated heterocycles. The predicted molar refractivity (Wildman–Crippen MR) is 93.2 cm³/mol.